The first-order valence-electron chi connectivity index (χ1n) is 49.5. The van der Waals surface area contributed by atoms with Crippen LogP contribution in [0.2, 0.25) is 0 Å². The van der Waals surface area contributed by atoms with Gasteiger partial charge in [-0.2, -0.15) is 0 Å². The molecule has 6 aromatic heterocycles. The van der Waals surface area contributed by atoms with E-state index in [2.05, 4.69) is 505 Å². The fraction of sp³-hybridized carbons (Fsp3) is 0. The van der Waals surface area contributed by atoms with Gasteiger partial charge in [0, 0.05) is 87.1 Å². The molecule has 0 unspecified atom stereocenters. The number of fused-ring (bicyclic) bond motifs is 26. The number of hydrogen-bond donors (Lipinski definition) is 0. The number of nitrogens with zero attached hydrogens (tertiary/aromatic N) is 4. The van der Waals surface area contributed by atoms with Gasteiger partial charge >= 0.3 is 0 Å². The summed E-state index contributed by atoms with van der Waals surface area (Å²) in [6.45, 7) is 0. The third-order valence-corrected chi connectivity index (χ3v) is 29.7. The Kier molecular flexibility index (Phi) is 18.6. The first kappa shape index (κ1) is 82.2. The van der Waals surface area contributed by atoms with Gasteiger partial charge in [-0.25, -0.2) is 0 Å². The highest BCUT2D eigenvalue weighted by Gasteiger charge is 2.35. The van der Waals surface area contributed by atoms with Crippen LogP contribution < -0.4 is 19.6 Å². The quantitative estimate of drug-likeness (QED) is 0.0878. The zero-order valence-corrected chi connectivity index (χ0v) is 78.6. The van der Waals surface area contributed by atoms with E-state index in [1.54, 1.807) is 0 Å². The van der Waals surface area contributed by atoms with E-state index in [1.165, 1.54) is 0 Å². The van der Waals surface area contributed by atoms with Crippen LogP contribution in [0.25, 0.3) is 230 Å². The molecule has 682 valence electrons. The van der Waals surface area contributed by atoms with Crippen molar-refractivity contribution < 1.29 is 26.5 Å². The van der Waals surface area contributed by atoms with Gasteiger partial charge in [-0.1, -0.05) is 376 Å². The Hall–Kier alpha value is -19.7. The molecule has 10 nitrogen and oxygen atoms in total. The van der Waals surface area contributed by atoms with Crippen molar-refractivity contribution >= 4 is 243 Å². The van der Waals surface area contributed by atoms with Crippen molar-refractivity contribution in [3.63, 3.8) is 0 Å². The van der Waals surface area contributed by atoms with Crippen molar-refractivity contribution in [3.8, 4) is 55.6 Å². The fourth-order valence-corrected chi connectivity index (χ4v) is 23.2. The van der Waals surface area contributed by atoms with E-state index in [1.807, 2.05) is 12.1 Å². The molecule has 0 radical (unpaired) electrons. The maximum atomic E-state index is 8.16. The predicted molar refractivity (Wildman–Crippen MR) is 606 cm³/mol. The molecule has 0 fully saturated rings. The van der Waals surface area contributed by atoms with Gasteiger partial charge in [-0.05, 0) is 209 Å². The van der Waals surface area contributed by atoms with Gasteiger partial charge in [-0.15, -0.1) is 0 Å². The monoisotopic (exact) mass is 1870 g/mol. The normalized spacial score (nSPS) is 12.0. The number of furan rings is 6. The first-order chi connectivity index (χ1) is 72.4. The summed E-state index contributed by atoms with van der Waals surface area (Å²) in [6.07, 6.45) is 0. The lowest BCUT2D eigenvalue weighted by molar-refractivity contribution is 0.664. The second-order valence-electron chi connectivity index (χ2n) is 37.9. The van der Waals surface area contributed by atoms with E-state index in [4.69, 9.17) is 26.5 Å². The average molecular weight is 1870 g/mol. The van der Waals surface area contributed by atoms with Crippen molar-refractivity contribution in [1.82, 2.24) is 0 Å². The van der Waals surface area contributed by atoms with Crippen LogP contribution in [0, 0.1) is 0 Å². The van der Waals surface area contributed by atoms with E-state index in [0.29, 0.717) is 33.5 Å². The molecule has 0 amide bonds. The number of anilines is 12. The molecule has 0 aliphatic carbocycles. The molecule has 10 heteroatoms. The molecule has 6 heterocycles. The Morgan fingerprint density at radius 1 is 0.123 bits per heavy atom. The van der Waals surface area contributed by atoms with Gasteiger partial charge in [0.05, 0.1) is 56.9 Å². The lowest BCUT2D eigenvalue weighted by atomic mass is 9.96. The molecular weight excluding hydrogens is 1790 g/mol. The highest BCUT2D eigenvalue weighted by Crippen LogP contribution is 2.59. The highest BCUT2D eigenvalue weighted by atomic mass is 16.4. The lowest BCUT2D eigenvalue weighted by Gasteiger charge is -2.28. The third-order valence-electron chi connectivity index (χ3n) is 29.7. The van der Waals surface area contributed by atoms with Crippen molar-refractivity contribution in [2.24, 2.45) is 0 Å². The van der Waals surface area contributed by atoms with E-state index < -0.39 is 0 Å². The van der Waals surface area contributed by atoms with Crippen LogP contribution in [0.15, 0.2) is 524 Å². The Morgan fingerprint density at radius 3 is 0.726 bits per heavy atom. The zero-order chi connectivity index (χ0) is 95.7. The van der Waals surface area contributed by atoms with Crippen LogP contribution in [0.1, 0.15) is 0 Å². The van der Waals surface area contributed by atoms with Gasteiger partial charge in [0.1, 0.15) is 22.3 Å². The summed E-state index contributed by atoms with van der Waals surface area (Å²) in [7, 11) is 0. The van der Waals surface area contributed by atoms with Gasteiger partial charge in [0.25, 0.3) is 0 Å². The Balaban J connectivity index is 0.604. The van der Waals surface area contributed by atoms with Crippen molar-refractivity contribution in [3.05, 3.63) is 497 Å². The molecule has 0 atom stereocenters. The molecule has 0 saturated heterocycles. The number of rotatable bonds is 17. The van der Waals surface area contributed by atoms with Crippen LogP contribution >= 0.6 is 0 Å². The lowest BCUT2D eigenvalue weighted by Crippen LogP contribution is -2.12. The second-order valence-corrected chi connectivity index (χ2v) is 37.9. The Bertz CT molecular complexity index is 10600. The first-order valence-corrected chi connectivity index (χ1v) is 49.5. The predicted octanol–water partition coefficient (Wildman–Crippen LogP) is 39.9. The summed E-state index contributed by atoms with van der Waals surface area (Å²) in [6, 6.07) is 178. The molecule has 0 spiro atoms. The van der Waals surface area contributed by atoms with Crippen LogP contribution in [-0.2, 0) is 0 Å². The molecular formula is C136H82N4O6. The van der Waals surface area contributed by atoms with Crippen LogP contribution in [0.4, 0.5) is 68.2 Å². The molecule has 0 bridgehead atoms. The van der Waals surface area contributed by atoms with Crippen molar-refractivity contribution in [2.75, 3.05) is 19.6 Å². The molecule has 30 rings (SSSR count). The maximum absolute atomic E-state index is 8.16. The van der Waals surface area contributed by atoms with Gasteiger partial charge in [0.15, 0.2) is 44.7 Å². The third kappa shape index (κ3) is 12.9. The van der Waals surface area contributed by atoms with E-state index in [-0.39, 0.29) is 0 Å². The van der Waals surface area contributed by atoms with E-state index in [9.17, 15) is 0 Å². The van der Waals surface area contributed by atoms with Gasteiger partial charge in [0.2, 0.25) is 0 Å². The van der Waals surface area contributed by atoms with Gasteiger partial charge < -0.3 is 46.1 Å². The average Bonchev–Trinajstić information content (AvgIpc) is 1.54. The fourth-order valence-electron chi connectivity index (χ4n) is 23.2. The molecule has 146 heavy (non-hydrogen) atoms. The standard InChI is InChI=1S/C136H82N4O6/c1-5-35-83(36-6-1)87-47-29-49-95(75-87)137(113-65-31-59-105-103-57-23-27-69-121(103)141-129(105)113)117-79-91-43-13-17-53-99(91)125-126-100-54-18-14-44-92(100)80-118(134(126)145-133(117)125)138(96-50-30-48-88(76-96)84-37-7-2-8-38-84)114-66-33-61-107-109-77-89(71-73-123(109)143-131(107)114)90-72-74-124-110(78-90)108-62-34-68-116(132(108)144-124)140(112-64-26-22-52-98(112)86-41-11-4-12-42-86)120-82-94-46-16-20-56-102(94)128-127-101-55-19-15-45-93(101)81-119(135(127)146-136(120)128)139(111-63-25-21-51-97(111)85-39-9-3-10-40-85)115-67-32-60-106-104-58-24-28-70-122(104)142-130(106)115/h1-82H. The van der Waals surface area contributed by atoms with Gasteiger partial charge in [-0.3, -0.25) is 0 Å². The van der Waals surface area contributed by atoms with Crippen LogP contribution in [0.5, 0.6) is 0 Å². The maximum Gasteiger partial charge on any atom is 0.160 e. The molecule has 24 aromatic carbocycles. The summed E-state index contributed by atoms with van der Waals surface area (Å²) in [5.41, 5.74) is 29.9. The number of benzene rings is 24. The molecule has 0 saturated carbocycles. The summed E-state index contributed by atoms with van der Waals surface area (Å²) < 4.78 is 45.5. The Morgan fingerprint density at radius 2 is 0.370 bits per heavy atom. The van der Waals surface area contributed by atoms with Crippen molar-refractivity contribution in [1.29, 1.82) is 0 Å². The highest BCUT2D eigenvalue weighted by molar-refractivity contribution is 6.35. The smallest absolute Gasteiger partial charge is 0.160 e. The topological polar surface area (TPSA) is 91.8 Å². The van der Waals surface area contributed by atoms with Crippen LogP contribution in [0.3, 0.4) is 0 Å². The summed E-state index contributed by atoms with van der Waals surface area (Å²) in [5.74, 6) is 0. The minimum atomic E-state index is 0.701. The molecule has 0 N–H and O–H groups in total. The summed E-state index contributed by atoms with van der Waals surface area (Å²) in [5, 5.41) is 20.3. The minimum Gasteiger partial charge on any atom is -0.454 e. The minimum absolute atomic E-state index is 0.701. The van der Waals surface area contributed by atoms with Crippen molar-refractivity contribution in [2.45, 2.75) is 0 Å². The van der Waals surface area contributed by atoms with E-state index in [0.717, 1.165) is 265 Å². The summed E-state index contributed by atoms with van der Waals surface area (Å²) in [4.78, 5) is 9.48. The molecule has 0 aliphatic heterocycles. The molecule has 0 aliphatic rings. The SMILES string of the molecule is c1ccc(-c2cccc(N(c3cccc4c3oc3ccccc34)c3cc4ccccc4c4c3oc3c(N(c5cccc(-c6ccccc6)c5)c5cccc6c5oc5ccc(-c7ccc8oc9c(N(c%10ccccc%10-c%10ccccc%10)c%10cc%11ccccc%11c%11c%10oc%10c(N(c%12ccccc%12-c%12ccccc%12)c%12cccc%13c%12oc%12ccccc%12%13)cc%12ccccc%12c%10%11)cccc9c8c7)cc56)cc5ccccc5c34)c2)cc1. The van der Waals surface area contributed by atoms with Crippen LogP contribution in [-0.4, -0.2) is 0 Å². The largest absolute Gasteiger partial charge is 0.454 e. The number of para-hydroxylation sites is 8. The Labute approximate surface area is 836 Å². The summed E-state index contributed by atoms with van der Waals surface area (Å²) >= 11 is 0. The zero-order valence-electron chi connectivity index (χ0n) is 78.6. The molecule has 30 aromatic rings. The second kappa shape index (κ2) is 33.0. The number of hydrogen-bond acceptors (Lipinski definition) is 10. The van der Waals surface area contributed by atoms with E-state index >= 15 is 0 Å².